The summed E-state index contributed by atoms with van der Waals surface area (Å²) in [6.45, 7) is 0. The minimum Gasteiger partial charge on any atom is -0.507 e. The molecule has 1 aliphatic rings. The standard InChI is InChI=1S/C17H16N2O2S/c1-21-12-6-7-15(20)11(8-12)10-19-17-14(9-18)13-4-2-3-5-16(13)22-17/h6-8,10,20H,2-5H2,1H3. The van der Waals surface area contributed by atoms with Crippen molar-refractivity contribution >= 4 is 22.6 Å². The van der Waals surface area contributed by atoms with Crippen molar-refractivity contribution in [1.82, 2.24) is 0 Å². The van der Waals surface area contributed by atoms with Crippen molar-refractivity contribution < 1.29 is 9.84 Å². The van der Waals surface area contributed by atoms with Crippen molar-refractivity contribution in [3.63, 3.8) is 0 Å². The zero-order valence-corrected chi connectivity index (χ0v) is 13.1. The number of phenolic OH excluding ortho intramolecular Hbond substituents is 1. The van der Waals surface area contributed by atoms with E-state index in [-0.39, 0.29) is 5.75 Å². The van der Waals surface area contributed by atoms with E-state index < -0.39 is 0 Å². The molecule has 1 aromatic heterocycles. The van der Waals surface area contributed by atoms with Crippen molar-refractivity contribution in [2.45, 2.75) is 25.7 Å². The first-order valence-corrected chi connectivity index (χ1v) is 8.00. The number of phenols is 1. The number of aromatic hydroxyl groups is 1. The molecule has 0 unspecified atom stereocenters. The highest BCUT2D eigenvalue weighted by Crippen LogP contribution is 2.39. The number of nitriles is 1. The number of benzene rings is 1. The summed E-state index contributed by atoms with van der Waals surface area (Å²) < 4.78 is 5.15. The van der Waals surface area contributed by atoms with Gasteiger partial charge in [0, 0.05) is 16.7 Å². The molecule has 0 atom stereocenters. The summed E-state index contributed by atoms with van der Waals surface area (Å²) in [7, 11) is 1.58. The Labute approximate surface area is 133 Å². The number of aryl methyl sites for hydroxylation is 1. The summed E-state index contributed by atoms with van der Waals surface area (Å²) in [5, 5.41) is 20.0. The van der Waals surface area contributed by atoms with E-state index in [1.807, 2.05) is 0 Å². The van der Waals surface area contributed by atoms with Crippen LogP contribution in [0.1, 0.15) is 34.4 Å². The van der Waals surface area contributed by atoms with Crippen LogP contribution in [-0.4, -0.2) is 18.4 Å². The summed E-state index contributed by atoms with van der Waals surface area (Å²) in [5.41, 5.74) is 2.44. The number of aliphatic imine (C=N–C) groups is 1. The minimum atomic E-state index is 0.143. The second-order valence-electron chi connectivity index (χ2n) is 5.19. The summed E-state index contributed by atoms with van der Waals surface area (Å²) in [5.74, 6) is 0.801. The van der Waals surface area contributed by atoms with Gasteiger partial charge in [-0.15, -0.1) is 11.3 Å². The molecule has 0 aliphatic heterocycles. The molecule has 4 nitrogen and oxygen atoms in total. The molecule has 22 heavy (non-hydrogen) atoms. The Morgan fingerprint density at radius 2 is 2.18 bits per heavy atom. The number of rotatable bonds is 3. The predicted octanol–water partition coefficient (Wildman–Crippen LogP) is 3.96. The molecule has 0 saturated carbocycles. The Morgan fingerprint density at radius 3 is 2.95 bits per heavy atom. The van der Waals surface area contributed by atoms with Gasteiger partial charge in [-0.3, -0.25) is 0 Å². The number of hydrogen-bond donors (Lipinski definition) is 1. The topological polar surface area (TPSA) is 65.6 Å². The average molecular weight is 312 g/mol. The fourth-order valence-electron chi connectivity index (χ4n) is 2.65. The van der Waals surface area contributed by atoms with Crippen LogP contribution >= 0.6 is 11.3 Å². The lowest BCUT2D eigenvalue weighted by Crippen LogP contribution is -1.99. The molecular formula is C17H16N2O2S. The number of fused-ring (bicyclic) bond motifs is 1. The largest absolute Gasteiger partial charge is 0.507 e. The van der Waals surface area contributed by atoms with Crippen molar-refractivity contribution in [2.24, 2.45) is 4.99 Å². The Bertz CT molecular complexity index is 772. The third kappa shape index (κ3) is 2.70. The first-order chi connectivity index (χ1) is 10.7. The third-order valence-corrected chi connectivity index (χ3v) is 5.02. The fourth-order valence-corrected chi connectivity index (χ4v) is 3.83. The van der Waals surface area contributed by atoms with Gasteiger partial charge in [0.05, 0.1) is 12.7 Å². The Hall–Kier alpha value is -2.32. The van der Waals surface area contributed by atoms with Gasteiger partial charge in [-0.25, -0.2) is 4.99 Å². The molecule has 1 aliphatic carbocycles. The minimum absolute atomic E-state index is 0.143. The zero-order valence-electron chi connectivity index (χ0n) is 12.3. The molecule has 0 spiro atoms. The number of methoxy groups -OCH3 is 1. The van der Waals surface area contributed by atoms with Crippen LogP contribution in [0.15, 0.2) is 23.2 Å². The van der Waals surface area contributed by atoms with Crippen molar-refractivity contribution in [3.8, 4) is 17.6 Å². The van der Waals surface area contributed by atoms with Gasteiger partial charge < -0.3 is 9.84 Å². The predicted molar refractivity (Wildman–Crippen MR) is 87.6 cm³/mol. The highest BCUT2D eigenvalue weighted by atomic mass is 32.1. The van der Waals surface area contributed by atoms with Gasteiger partial charge in [0.2, 0.25) is 0 Å². The van der Waals surface area contributed by atoms with E-state index in [1.165, 1.54) is 16.9 Å². The van der Waals surface area contributed by atoms with E-state index >= 15 is 0 Å². The second kappa shape index (κ2) is 6.20. The quantitative estimate of drug-likeness (QED) is 0.872. The summed E-state index contributed by atoms with van der Waals surface area (Å²) in [4.78, 5) is 5.73. The van der Waals surface area contributed by atoms with Crippen LogP contribution in [0.2, 0.25) is 0 Å². The van der Waals surface area contributed by atoms with Crippen molar-refractivity contribution in [2.75, 3.05) is 7.11 Å². The first kappa shape index (κ1) is 14.6. The normalized spacial score (nSPS) is 13.8. The third-order valence-electron chi connectivity index (χ3n) is 3.82. The average Bonchev–Trinajstić information content (AvgIpc) is 2.91. The maximum absolute atomic E-state index is 9.89. The zero-order chi connectivity index (χ0) is 15.5. The molecule has 0 radical (unpaired) electrons. The SMILES string of the molecule is COc1ccc(O)c(C=Nc2sc3c(c2C#N)CCCC3)c1. The Morgan fingerprint density at radius 1 is 1.36 bits per heavy atom. The number of hydrogen-bond acceptors (Lipinski definition) is 5. The maximum Gasteiger partial charge on any atom is 0.134 e. The van der Waals surface area contributed by atoms with E-state index in [9.17, 15) is 10.4 Å². The number of ether oxygens (including phenoxy) is 1. The van der Waals surface area contributed by atoms with E-state index in [0.29, 0.717) is 16.9 Å². The van der Waals surface area contributed by atoms with Gasteiger partial charge in [0.1, 0.15) is 22.6 Å². The molecule has 0 bridgehead atoms. The molecule has 3 rings (SSSR count). The second-order valence-corrected chi connectivity index (χ2v) is 6.27. The Kier molecular flexibility index (Phi) is 4.12. The van der Waals surface area contributed by atoms with Crippen LogP contribution in [0.3, 0.4) is 0 Å². The highest BCUT2D eigenvalue weighted by Gasteiger charge is 2.20. The van der Waals surface area contributed by atoms with Gasteiger partial charge in [0.25, 0.3) is 0 Å². The van der Waals surface area contributed by atoms with Gasteiger partial charge >= 0.3 is 0 Å². The van der Waals surface area contributed by atoms with Crippen LogP contribution in [0, 0.1) is 11.3 Å². The molecule has 1 N–H and O–H groups in total. The smallest absolute Gasteiger partial charge is 0.134 e. The fraction of sp³-hybridized carbons (Fsp3) is 0.294. The molecule has 0 saturated heterocycles. The molecule has 112 valence electrons. The summed E-state index contributed by atoms with van der Waals surface area (Å²) in [6.07, 6.45) is 5.91. The van der Waals surface area contributed by atoms with E-state index in [2.05, 4.69) is 11.1 Å². The van der Waals surface area contributed by atoms with E-state index in [0.717, 1.165) is 24.3 Å². The number of nitrogens with zero attached hydrogens (tertiary/aromatic N) is 2. The van der Waals surface area contributed by atoms with E-state index in [1.54, 1.807) is 42.9 Å². The molecule has 0 amide bonds. The van der Waals surface area contributed by atoms with E-state index in [4.69, 9.17) is 4.74 Å². The molecule has 2 aromatic rings. The monoisotopic (exact) mass is 312 g/mol. The lowest BCUT2D eigenvalue weighted by Gasteiger charge is -2.09. The Balaban J connectivity index is 1.96. The first-order valence-electron chi connectivity index (χ1n) is 7.18. The van der Waals surface area contributed by atoms with Gasteiger partial charge in [0.15, 0.2) is 0 Å². The maximum atomic E-state index is 9.89. The van der Waals surface area contributed by atoms with Gasteiger partial charge in [-0.05, 0) is 49.4 Å². The van der Waals surface area contributed by atoms with Crippen LogP contribution < -0.4 is 4.74 Å². The summed E-state index contributed by atoms with van der Waals surface area (Å²) in [6, 6.07) is 7.27. The number of thiophene rings is 1. The molecule has 1 aromatic carbocycles. The molecule has 0 fully saturated rings. The van der Waals surface area contributed by atoms with Crippen molar-refractivity contribution in [1.29, 1.82) is 5.26 Å². The molecule has 1 heterocycles. The van der Waals surface area contributed by atoms with Crippen molar-refractivity contribution in [3.05, 3.63) is 39.8 Å². The van der Waals surface area contributed by atoms with Gasteiger partial charge in [-0.2, -0.15) is 5.26 Å². The van der Waals surface area contributed by atoms with Crippen LogP contribution in [0.4, 0.5) is 5.00 Å². The highest BCUT2D eigenvalue weighted by molar-refractivity contribution is 7.16. The van der Waals surface area contributed by atoms with Gasteiger partial charge in [-0.1, -0.05) is 0 Å². The summed E-state index contributed by atoms with van der Waals surface area (Å²) >= 11 is 1.59. The molecular weight excluding hydrogens is 296 g/mol. The lowest BCUT2D eigenvalue weighted by molar-refractivity contribution is 0.412. The lowest BCUT2D eigenvalue weighted by atomic mass is 9.96. The van der Waals surface area contributed by atoms with Crippen LogP contribution in [0.25, 0.3) is 0 Å². The van der Waals surface area contributed by atoms with Crippen LogP contribution in [-0.2, 0) is 12.8 Å². The van der Waals surface area contributed by atoms with Crippen LogP contribution in [0.5, 0.6) is 11.5 Å². The molecule has 5 heteroatoms.